The molecule has 1 atom stereocenters. The number of nitrogens with zero attached hydrogens (tertiary/aromatic N) is 1. The van der Waals surface area contributed by atoms with Crippen LogP contribution in [-0.2, 0) is 11.2 Å². The Bertz CT molecular complexity index is 490. The van der Waals surface area contributed by atoms with E-state index in [0.29, 0.717) is 24.0 Å². The number of methoxy groups -OCH3 is 2. The molecule has 2 rings (SSSR count). The minimum atomic E-state index is 0.169. The molecule has 1 aliphatic heterocycles. The summed E-state index contributed by atoms with van der Waals surface area (Å²) in [5.74, 6) is 1.51. The number of piperidine rings is 1. The van der Waals surface area contributed by atoms with E-state index in [1.54, 1.807) is 14.2 Å². The first-order chi connectivity index (χ1) is 10.2. The van der Waals surface area contributed by atoms with E-state index in [0.717, 1.165) is 31.5 Å². The molecule has 1 amide bonds. The Morgan fingerprint density at radius 1 is 1.33 bits per heavy atom. The van der Waals surface area contributed by atoms with E-state index in [9.17, 15) is 4.79 Å². The van der Waals surface area contributed by atoms with E-state index in [4.69, 9.17) is 9.47 Å². The topological polar surface area (TPSA) is 50.8 Å². The second kappa shape index (κ2) is 7.31. The molecule has 0 aliphatic carbocycles. The van der Waals surface area contributed by atoms with E-state index in [2.05, 4.69) is 5.32 Å². The molecule has 0 radical (unpaired) electrons. The van der Waals surface area contributed by atoms with Crippen LogP contribution in [0.3, 0.4) is 0 Å². The summed E-state index contributed by atoms with van der Waals surface area (Å²) in [7, 11) is 5.16. The van der Waals surface area contributed by atoms with Crippen molar-refractivity contribution in [1.82, 2.24) is 10.2 Å². The average Bonchev–Trinajstić information content (AvgIpc) is 2.54. The Kier molecular flexibility index (Phi) is 5.44. The van der Waals surface area contributed by atoms with E-state index in [1.807, 2.05) is 30.1 Å². The zero-order valence-electron chi connectivity index (χ0n) is 13.0. The first kappa shape index (κ1) is 15.6. The van der Waals surface area contributed by atoms with Gasteiger partial charge in [-0.2, -0.15) is 0 Å². The monoisotopic (exact) mass is 292 g/mol. The Hall–Kier alpha value is -1.75. The molecule has 0 saturated carbocycles. The first-order valence-corrected chi connectivity index (χ1v) is 7.34. The lowest BCUT2D eigenvalue weighted by Gasteiger charge is -2.32. The molecule has 1 unspecified atom stereocenters. The molecule has 0 aromatic heterocycles. The molecule has 1 fully saturated rings. The summed E-state index contributed by atoms with van der Waals surface area (Å²) in [5, 5.41) is 3.26. The van der Waals surface area contributed by atoms with Crippen molar-refractivity contribution in [3.05, 3.63) is 23.8 Å². The Morgan fingerprint density at radius 2 is 2.10 bits per heavy atom. The maximum absolute atomic E-state index is 12.4. The molecule has 1 aromatic carbocycles. The molecule has 1 aliphatic rings. The second-order valence-electron chi connectivity index (χ2n) is 5.33. The highest BCUT2D eigenvalue weighted by Crippen LogP contribution is 2.28. The number of hydrogen-bond acceptors (Lipinski definition) is 4. The van der Waals surface area contributed by atoms with Crippen molar-refractivity contribution in [3.8, 4) is 11.5 Å². The molecule has 116 valence electrons. The molecule has 5 heteroatoms. The molecule has 1 saturated heterocycles. The molecule has 0 bridgehead atoms. The van der Waals surface area contributed by atoms with Crippen molar-refractivity contribution in [3.63, 3.8) is 0 Å². The van der Waals surface area contributed by atoms with E-state index >= 15 is 0 Å². The predicted molar refractivity (Wildman–Crippen MR) is 81.9 cm³/mol. The predicted octanol–water partition coefficient (Wildman–Crippen LogP) is 1.46. The number of likely N-dealkylation sites (N-methyl/N-ethyl adjacent to an activating group) is 1. The van der Waals surface area contributed by atoms with Gasteiger partial charge in [0.15, 0.2) is 11.5 Å². The third kappa shape index (κ3) is 3.88. The summed E-state index contributed by atoms with van der Waals surface area (Å²) < 4.78 is 10.5. The van der Waals surface area contributed by atoms with Crippen LogP contribution >= 0.6 is 0 Å². The summed E-state index contributed by atoms with van der Waals surface area (Å²) in [4.78, 5) is 14.4. The Balaban J connectivity index is 2.02. The number of benzene rings is 1. The van der Waals surface area contributed by atoms with Crippen molar-refractivity contribution in [2.75, 3.05) is 34.4 Å². The molecular weight excluding hydrogens is 268 g/mol. The van der Waals surface area contributed by atoms with Gasteiger partial charge in [0.2, 0.25) is 5.91 Å². The van der Waals surface area contributed by atoms with Crippen LogP contribution in [0.25, 0.3) is 0 Å². The molecular formula is C16H24N2O3. The maximum Gasteiger partial charge on any atom is 0.227 e. The smallest absolute Gasteiger partial charge is 0.227 e. The SMILES string of the molecule is CNC1CCCN(C(=O)Cc2ccc(OC)c(OC)c2)C1. The van der Waals surface area contributed by atoms with Gasteiger partial charge >= 0.3 is 0 Å². The number of rotatable bonds is 5. The molecule has 1 heterocycles. The molecule has 5 nitrogen and oxygen atoms in total. The number of likely N-dealkylation sites (tertiary alicyclic amines) is 1. The molecule has 1 aromatic rings. The van der Waals surface area contributed by atoms with E-state index in [-0.39, 0.29) is 5.91 Å². The third-order valence-electron chi connectivity index (χ3n) is 3.99. The minimum Gasteiger partial charge on any atom is -0.493 e. The van der Waals surface area contributed by atoms with Crippen LogP contribution in [0.4, 0.5) is 0 Å². The van der Waals surface area contributed by atoms with Crippen molar-refractivity contribution in [2.45, 2.75) is 25.3 Å². The molecule has 21 heavy (non-hydrogen) atoms. The summed E-state index contributed by atoms with van der Waals surface area (Å²) in [6, 6.07) is 6.04. The Labute approximate surface area is 126 Å². The van der Waals surface area contributed by atoms with E-state index in [1.165, 1.54) is 0 Å². The number of ether oxygens (including phenoxy) is 2. The lowest BCUT2D eigenvalue weighted by molar-refractivity contribution is -0.131. The number of hydrogen-bond donors (Lipinski definition) is 1. The lowest BCUT2D eigenvalue weighted by Crippen LogP contribution is -2.47. The Morgan fingerprint density at radius 3 is 2.76 bits per heavy atom. The average molecular weight is 292 g/mol. The zero-order valence-corrected chi connectivity index (χ0v) is 13.0. The quantitative estimate of drug-likeness (QED) is 0.892. The number of carbonyl (C=O) groups is 1. The minimum absolute atomic E-state index is 0.169. The maximum atomic E-state index is 12.4. The van der Waals surface area contributed by atoms with Crippen LogP contribution in [0.5, 0.6) is 11.5 Å². The van der Waals surface area contributed by atoms with Crippen LogP contribution in [0, 0.1) is 0 Å². The molecule has 0 spiro atoms. The second-order valence-corrected chi connectivity index (χ2v) is 5.33. The zero-order chi connectivity index (χ0) is 15.2. The highest BCUT2D eigenvalue weighted by Gasteiger charge is 2.22. The summed E-state index contributed by atoms with van der Waals surface area (Å²) in [6.45, 7) is 1.65. The van der Waals surface area contributed by atoms with E-state index < -0.39 is 0 Å². The van der Waals surface area contributed by atoms with Crippen molar-refractivity contribution < 1.29 is 14.3 Å². The van der Waals surface area contributed by atoms with Crippen LogP contribution in [-0.4, -0.2) is 51.2 Å². The summed E-state index contributed by atoms with van der Waals surface area (Å²) >= 11 is 0. The number of nitrogens with one attached hydrogen (secondary N) is 1. The van der Waals surface area contributed by atoms with Gasteiger partial charge in [0, 0.05) is 19.1 Å². The highest BCUT2D eigenvalue weighted by atomic mass is 16.5. The van der Waals surface area contributed by atoms with Crippen LogP contribution in [0.15, 0.2) is 18.2 Å². The first-order valence-electron chi connectivity index (χ1n) is 7.34. The van der Waals surface area contributed by atoms with Crippen LogP contribution in [0.2, 0.25) is 0 Å². The van der Waals surface area contributed by atoms with Crippen LogP contribution in [0.1, 0.15) is 18.4 Å². The van der Waals surface area contributed by atoms with Gasteiger partial charge in [-0.15, -0.1) is 0 Å². The van der Waals surface area contributed by atoms with Gasteiger partial charge in [0.05, 0.1) is 20.6 Å². The van der Waals surface area contributed by atoms with Gasteiger partial charge < -0.3 is 19.7 Å². The fourth-order valence-corrected chi connectivity index (χ4v) is 2.72. The van der Waals surface area contributed by atoms with Crippen molar-refractivity contribution in [2.24, 2.45) is 0 Å². The third-order valence-corrected chi connectivity index (χ3v) is 3.99. The largest absolute Gasteiger partial charge is 0.493 e. The molecule has 1 N–H and O–H groups in total. The number of amides is 1. The van der Waals surface area contributed by atoms with Gasteiger partial charge in [0.1, 0.15) is 0 Å². The van der Waals surface area contributed by atoms with Gasteiger partial charge in [0.25, 0.3) is 0 Å². The van der Waals surface area contributed by atoms with Gasteiger partial charge in [-0.1, -0.05) is 6.07 Å². The van der Waals surface area contributed by atoms with Crippen molar-refractivity contribution >= 4 is 5.91 Å². The fraction of sp³-hybridized carbons (Fsp3) is 0.562. The summed E-state index contributed by atoms with van der Waals surface area (Å²) in [6.07, 6.45) is 2.59. The van der Waals surface area contributed by atoms with Gasteiger partial charge in [-0.3, -0.25) is 4.79 Å². The normalized spacial score (nSPS) is 18.4. The standard InChI is InChI=1S/C16H24N2O3/c1-17-13-5-4-8-18(11-13)16(19)10-12-6-7-14(20-2)15(9-12)21-3/h6-7,9,13,17H,4-5,8,10-11H2,1-3H3. The van der Waals surface area contributed by atoms with Gasteiger partial charge in [-0.05, 0) is 37.6 Å². The van der Waals surface area contributed by atoms with Crippen LogP contribution < -0.4 is 14.8 Å². The lowest BCUT2D eigenvalue weighted by atomic mass is 10.0. The van der Waals surface area contributed by atoms with Gasteiger partial charge in [-0.25, -0.2) is 0 Å². The fourth-order valence-electron chi connectivity index (χ4n) is 2.72. The highest BCUT2D eigenvalue weighted by molar-refractivity contribution is 5.79. The van der Waals surface area contributed by atoms with Crippen molar-refractivity contribution in [1.29, 1.82) is 0 Å². The number of carbonyl (C=O) groups excluding carboxylic acids is 1. The summed E-state index contributed by atoms with van der Waals surface area (Å²) in [5.41, 5.74) is 0.948.